The third-order valence-corrected chi connectivity index (χ3v) is 3.21. The highest BCUT2D eigenvalue weighted by atomic mass is 14.6. The minimum absolute atomic E-state index is 0.135. The molecule has 1 nitrogen and oxygen atoms in total. The van der Waals surface area contributed by atoms with Crippen LogP contribution >= 0.6 is 0 Å². The Morgan fingerprint density at radius 3 is 2.29 bits per heavy atom. The zero-order valence-electron chi connectivity index (χ0n) is 10.3. The highest BCUT2D eigenvalue weighted by Crippen LogP contribution is 2.17. The van der Waals surface area contributed by atoms with Crippen LogP contribution in [0, 0.1) is 6.92 Å². The van der Waals surface area contributed by atoms with Gasteiger partial charge >= 0.3 is 0 Å². The second-order valence-corrected chi connectivity index (χ2v) is 4.48. The van der Waals surface area contributed by atoms with Crippen LogP contribution < -0.4 is 5.73 Å². The normalized spacial score (nSPS) is 12.4. The van der Waals surface area contributed by atoms with Gasteiger partial charge in [0.05, 0.1) is 0 Å². The standard InChI is InChI=1S/C16H19N/c1-13-7-5-6-8-14(13)11-12-16(17)15-9-3-2-4-10-15/h2-10,16H,11-12,17H2,1H3. The molecule has 17 heavy (non-hydrogen) atoms. The van der Waals surface area contributed by atoms with E-state index in [1.807, 2.05) is 18.2 Å². The van der Waals surface area contributed by atoms with Crippen LogP contribution in [0.1, 0.15) is 29.2 Å². The van der Waals surface area contributed by atoms with Crippen molar-refractivity contribution in [3.8, 4) is 0 Å². The van der Waals surface area contributed by atoms with Gasteiger partial charge in [-0.05, 0) is 36.5 Å². The van der Waals surface area contributed by atoms with Crippen molar-refractivity contribution in [1.82, 2.24) is 0 Å². The van der Waals surface area contributed by atoms with Crippen LogP contribution in [0.15, 0.2) is 54.6 Å². The van der Waals surface area contributed by atoms with Crippen molar-refractivity contribution in [2.75, 3.05) is 0 Å². The number of hydrogen-bond donors (Lipinski definition) is 1. The zero-order valence-corrected chi connectivity index (χ0v) is 10.3. The second kappa shape index (κ2) is 5.65. The lowest BCUT2D eigenvalue weighted by atomic mass is 9.97. The van der Waals surface area contributed by atoms with E-state index in [1.165, 1.54) is 16.7 Å². The van der Waals surface area contributed by atoms with Gasteiger partial charge in [0.15, 0.2) is 0 Å². The quantitative estimate of drug-likeness (QED) is 0.845. The van der Waals surface area contributed by atoms with Gasteiger partial charge in [-0.25, -0.2) is 0 Å². The summed E-state index contributed by atoms with van der Waals surface area (Å²) in [6.07, 6.45) is 2.04. The molecule has 1 atom stereocenters. The van der Waals surface area contributed by atoms with Crippen molar-refractivity contribution in [2.24, 2.45) is 5.73 Å². The van der Waals surface area contributed by atoms with Crippen LogP contribution in [0.2, 0.25) is 0 Å². The van der Waals surface area contributed by atoms with Gasteiger partial charge in [0, 0.05) is 6.04 Å². The summed E-state index contributed by atoms with van der Waals surface area (Å²) in [4.78, 5) is 0. The molecule has 88 valence electrons. The zero-order chi connectivity index (χ0) is 12.1. The van der Waals surface area contributed by atoms with E-state index in [9.17, 15) is 0 Å². The Bertz CT molecular complexity index is 462. The highest BCUT2D eigenvalue weighted by molar-refractivity contribution is 5.26. The molecule has 2 rings (SSSR count). The Hall–Kier alpha value is -1.60. The molecule has 0 heterocycles. The van der Waals surface area contributed by atoms with E-state index >= 15 is 0 Å². The van der Waals surface area contributed by atoms with E-state index in [1.54, 1.807) is 0 Å². The van der Waals surface area contributed by atoms with E-state index in [2.05, 4.69) is 43.3 Å². The van der Waals surface area contributed by atoms with Gasteiger partial charge in [0.25, 0.3) is 0 Å². The van der Waals surface area contributed by atoms with E-state index < -0.39 is 0 Å². The van der Waals surface area contributed by atoms with Gasteiger partial charge in [-0.1, -0.05) is 54.6 Å². The summed E-state index contributed by atoms with van der Waals surface area (Å²) in [5.74, 6) is 0. The number of benzene rings is 2. The first kappa shape index (κ1) is 11.9. The first-order chi connectivity index (χ1) is 8.27. The molecule has 0 aliphatic heterocycles. The molecular weight excluding hydrogens is 206 g/mol. The number of aryl methyl sites for hydroxylation is 2. The summed E-state index contributed by atoms with van der Waals surface area (Å²) < 4.78 is 0. The Morgan fingerprint density at radius 1 is 0.941 bits per heavy atom. The van der Waals surface area contributed by atoms with Crippen molar-refractivity contribution in [1.29, 1.82) is 0 Å². The summed E-state index contributed by atoms with van der Waals surface area (Å²) in [6, 6.07) is 19.0. The van der Waals surface area contributed by atoms with Gasteiger partial charge in [0.2, 0.25) is 0 Å². The lowest BCUT2D eigenvalue weighted by Gasteiger charge is -2.12. The summed E-state index contributed by atoms with van der Waals surface area (Å²) in [5.41, 5.74) is 10.2. The molecule has 0 aromatic heterocycles. The molecule has 2 N–H and O–H groups in total. The minimum Gasteiger partial charge on any atom is -0.324 e. The largest absolute Gasteiger partial charge is 0.324 e. The predicted octanol–water partition coefficient (Wildman–Crippen LogP) is 3.63. The Morgan fingerprint density at radius 2 is 1.59 bits per heavy atom. The first-order valence-electron chi connectivity index (χ1n) is 6.12. The minimum atomic E-state index is 0.135. The fourth-order valence-corrected chi connectivity index (χ4v) is 2.07. The van der Waals surface area contributed by atoms with Crippen LogP contribution in [0.3, 0.4) is 0 Å². The molecule has 0 aliphatic rings. The Kier molecular flexibility index (Phi) is 3.94. The van der Waals surface area contributed by atoms with E-state index in [4.69, 9.17) is 5.73 Å². The van der Waals surface area contributed by atoms with Crippen LogP contribution in [0.5, 0.6) is 0 Å². The summed E-state index contributed by atoms with van der Waals surface area (Å²) >= 11 is 0. The molecule has 0 fully saturated rings. The summed E-state index contributed by atoms with van der Waals surface area (Å²) in [5, 5.41) is 0. The molecule has 0 bridgehead atoms. The molecule has 1 heteroatoms. The fraction of sp³-hybridized carbons (Fsp3) is 0.250. The molecule has 2 aromatic rings. The Balaban J connectivity index is 1.97. The lowest BCUT2D eigenvalue weighted by Crippen LogP contribution is -2.11. The molecule has 2 aromatic carbocycles. The van der Waals surface area contributed by atoms with Gasteiger partial charge in [-0.3, -0.25) is 0 Å². The third kappa shape index (κ3) is 3.18. The maximum absolute atomic E-state index is 6.19. The molecule has 0 amide bonds. The maximum atomic E-state index is 6.19. The van der Waals surface area contributed by atoms with Gasteiger partial charge in [0.1, 0.15) is 0 Å². The first-order valence-corrected chi connectivity index (χ1v) is 6.12. The Labute approximate surface area is 103 Å². The molecule has 0 radical (unpaired) electrons. The van der Waals surface area contributed by atoms with Crippen molar-refractivity contribution in [3.63, 3.8) is 0 Å². The van der Waals surface area contributed by atoms with Gasteiger partial charge < -0.3 is 5.73 Å². The molecule has 0 aliphatic carbocycles. The molecular formula is C16H19N. The number of nitrogens with two attached hydrogens (primary N) is 1. The number of hydrogen-bond acceptors (Lipinski definition) is 1. The summed E-state index contributed by atoms with van der Waals surface area (Å²) in [7, 11) is 0. The van der Waals surface area contributed by atoms with Crippen molar-refractivity contribution in [3.05, 3.63) is 71.3 Å². The smallest absolute Gasteiger partial charge is 0.0298 e. The fourth-order valence-electron chi connectivity index (χ4n) is 2.07. The van der Waals surface area contributed by atoms with E-state index in [0.29, 0.717) is 0 Å². The second-order valence-electron chi connectivity index (χ2n) is 4.48. The maximum Gasteiger partial charge on any atom is 0.0298 e. The highest BCUT2D eigenvalue weighted by Gasteiger charge is 2.06. The molecule has 0 spiro atoms. The van der Waals surface area contributed by atoms with Crippen LogP contribution in [-0.4, -0.2) is 0 Å². The summed E-state index contributed by atoms with van der Waals surface area (Å²) in [6.45, 7) is 2.16. The number of rotatable bonds is 4. The SMILES string of the molecule is Cc1ccccc1CCC(N)c1ccccc1. The predicted molar refractivity (Wildman–Crippen MR) is 72.9 cm³/mol. The van der Waals surface area contributed by atoms with Crippen LogP contribution in [0.25, 0.3) is 0 Å². The van der Waals surface area contributed by atoms with Crippen molar-refractivity contribution >= 4 is 0 Å². The van der Waals surface area contributed by atoms with Crippen molar-refractivity contribution in [2.45, 2.75) is 25.8 Å². The third-order valence-electron chi connectivity index (χ3n) is 3.21. The monoisotopic (exact) mass is 225 g/mol. The van der Waals surface area contributed by atoms with Crippen LogP contribution in [-0.2, 0) is 6.42 Å². The topological polar surface area (TPSA) is 26.0 Å². The lowest BCUT2D eigenvalue weighted by molar-refractivity contribution is 0.650. The van der Waals surface area contributed by atoms with Gasteiger partial charge in [-0.15, -0.1) is 0 Å². The molecule has 0 saturated carbocycles. The van der Waals surface area contributed by atoms with E-state index in [-0.39, 0.29) is 6.04 Å². The van der Waals surface area contributed by atoms with Crippen LogP contribution in [0.4, 0.5) is 0 Å². The molecule has 1 unspecified atom stereocenters. The average Bonchev–Trinajstić information content (AvgIpc) is 2.38. The van der Waals surface area contributed by atoms with Gasteiger partial charge in [-0.2, -0.15) is 0 Å². The van der Waals surface area contributed by atoms with Crippen molar-refractivity contribution < 1.29 is 0 Å². The van der Waals surface area contributed by atoms with E-state index in [0.717, 1.165) is 12.8 Å². The average molecular weight is 225 g/mol. The molecule has 0 saturated heterocycles.